The third-order valence-electron chi connectivity index (χ3n) is 3.93. The maximum absolute atomic E-state index is 12.4. The predicted octanol–water partition coefficient (Wildman–Crippen LogP) is 3.28. The predicted molar refractivity (Wildman–Crippen MR) is 94.6 cm³/mol. The highest BCUT2D eigenvalue weighted by Crippen LogP contribution is 2.20. The molecule has 2 heterocycles. The summed E-state index contributed by atoms with van der Waals surface area (Å²) < 4.78 is 0. The first-order valence-electron chi connectivity index (χ1n) is 7.93. The standard InChI is InChI=1S/C18H21N3OS/c22-18(14-23-17-8-10-19-11-9-17)21-12-4-7-16(13-21)20-15-5-2-1-3-6-15/h1-3,5-6,8-11,16,20H,4,7,12-14H2/t16-/m0/s1. The molecule has 1 fully saturated rings. The van der Waals surface area contributed by atoms with Crippen molar-refractivity contribution in [2.24, 2.45) is 0 Å². The Morgan fingerprint density at radius 1 is 1.22 bits per heavy atom. The zero-order chi connectivity index (χ0) is 15.9. The van der Waals surface area contributed by atoms with Crippen LogP contribution in [0.1, 0.15) is 12.8 Å². The van der Waals surface area contributed by atoms with Gasteiger partial charge in [-0.1, -0.05) is 18.2 Å². The molecule has 0 bridgehead atoms. The van der Waals surface area contributed by atoms with Crippen molar-refractivity contribution in [3.63, 3.8) is 0 Å². The number of carbonyl (C=O) groups excluding carboxylic acids is 1. The van der Waals surface area contributed by atoms with E-state index in [0.29, 0.717) is 11.8 Å². The molecule has 0 radical (unpaired) electrons. The Balaban J connectivity index is 1.50. The van der Waals surface area contributed by atoms with E-state index >= 15 is 0 Å². The van der Waals surface area contributed by atoms with E-state index in [0.717, 1.165) is 36.5 Å². The fourth-order valence-corrected chi connectivity index (χ4v) is 3.55. The smallest absolute Gasteiger partial charge is 0.233 e. The Hall–Kier alpha value is -2.01. The molecule has 1 aromatic heterocycles. The van der Waals surface area contributed by atoms with Gasteiger partial charge in [0.15, 0.2) is 0 Å². The number of piperidine rings is 1. The molecule has 1 saturated heterocycles. The van der Waals surface area contributed by atoms with Crippen molar-refractivity contribution in [1.29, 1.82) is 0 Å². The summed E-state index contributed by atoms with van der Waals surface area (Å²) in [5.41, 5.74) is 1.12. The maximum atomic E-state index is 12.4. The third-order valence-corrected chi connectivity index (χ3v) is 4.93. The number of likely N-dealkylation sites (tertiary alicyclic amines) is 1. The van der Waals surface area contributed by atoms with Crippen molar-refractivity contribution in [3.8, 4) is 0 Å². The van der Waals surface area contributed by atoms with Gasteiger partial charge in [-0.25, -0.2) is 0 Å². The fraction of sp³-hybridized carbons (Fsp3) is 0.333. The number of hydrogen-bond acceptors (Lipinski definition) is 4. The van der Waals surface area contributed by atoms with E-state index < -0.39 is 0 Å². The summed E-state index contributed by atoms with van der Waals surface area (Å²) in [6.07, 6.45) is 5.67. The Kier molecular flexibility index (Phi) is 5.53. The summed E-state index contributed by atoms with van der Waals surface area (Å²) in [7, 11) is 0. The zero-order valence-electron chi connectivity index (χ0n) is 13.0. The van der Waals surface area contributed by atoms with Gasteiger partial charge in [-0.2, -0.15) is 0 Å². The quantitative estimate of drug-likeness (QED) is 0.856. The third kappa shape index (κ3) is 4.73. The number of aromatic nitrogens is 1. The zero-order valence-corrected chi connectivity index (χ0v) is 13.8. The van der Waals surface area contributed by atoms with Crippen molar-refractivity contribution in [1.82, 2.24) is 9.88 Å². The lowest BCUT2D eigenvalue weighted by atomic mass is 10.1. The minimum Gasteiger partial charge on any atom is -0.381 e. The minimum atomic E-state index is 0.214. The number of para-hydroxylation sites is 1. The molecule has 0 saturated carbocycles. The molecule has 1 aromatic carbocycles. The highest BCUT2D eigenvalue weighted by Gasteiger charge is 2.23. The molecule has 1 N–H and O–H groups in total. The number of nitrogens with one attached hydrogen (secondary N) is 1. The second-order valence-corrected chi connectivity index (χ2v) is 6.71. The van der Waals surface area contributed by atoms with E-state index in [9.17, 15) is 4.79 Å². The summed E-state index contributed by atoms with van der Waals surface area (Å²) in [6.45, 7) is 1.65. The Morgan fingerprint density at radius 3 is 2.78 bits per heavy atom. The summed E-state index contributed by atoms with van der Waals surface area (Å²) in [5.74, 6) is 0.702. The first kappa shape index (κ1) is 15.9. The van der Waals surface area contributed by atoms with E-state index in [1.54, 1.807) is 24.2 Å². The average molecular weight is 327 g/mol. The van der Waals surface area contributed by atoms with Gasteiger partial charge >= 0.3 is 0 Å². The number of hydrogen-bond donors (Lipinski definition) is 1. The molecule has 0 spiro atoms. The Labute approximate surface area is 141 Å². The molecule has 1 aliphatic heterocycles. The number of rotatable bonds is 5. The van der Waals surface area contributed by atoms with E-state index in [1.165, 1.54) is 0 Å². The molecule has 1 atom stereocenters. The molecular weight excluding hydrogens is 306 g/mol. The highest BCUT2D eigenvalue weighted by atomic mass is 32.2. The molecule has 4 nitrogen and oxygen atoms in total. The topological polar surface area (TPSA) is 45.2 Å². The molecule has 23 heavy (non-hydrogen) atoms. The van der Waals surface area contributed by atoms with Crippen LogP contribution >= 0.6 is 11.8 Å². The summed E-state index contributed by atoms with van der Waals surface area (Å²) in [6, 6.07) is 14.4. The van der Waals surface area contributed by atoms with Gasteiger partial charge in [0.1, 0.15) is 0 Å². The number of amides is 1. The minimum absolute atomic E-state index is 0.214. The molecule has 3 rings (SSSR count). The Morgan fingerprint density at radius 2 is 2.00 bits per heavy atom. The van der Waals surface area contributed by atoms with Gasteiger partial charge in [0.25, 0.3) is 0 Å². The lowest BCUT2D eigenvalue weighted by Gasteiger charge is -2.33. The molecule has 0 unspecified atom stereocenters. The molecule has 120 valence electrons. The van der Waals surface area contributed by atoms with Gasteiger partial charge in [0, 0.05) is 42.1 Å². The Bertz CT molecular complexity index is 621. The number of pyridine rings is 1. The molecule has 5 heteroatoms. The largest absolute Gasteiger partial charge is 0.381 e. The van der Waals surface area contributed by atoms with Gasteiger partial charge in [-0.15, -0.1) is 11.8 Å². The van der Waals surface area contributed by atoms with Crippen molar-refractivity contribution in [3.05, 3.63) is 54.9 Å². The maximum Gasteiger partial charge on any atom is 0.233 e. The summed E-state index contributed by atoms with van der Waals surface area (Å²) in [4.78, 5) is 19.5. The van der Waals surface area contributed by atoms with E-state index in [-0.39, 0.29) is 5.91 Å². The van der Waals surface area contributed by atoms with Crippen molar-refractivity contribution >= 4 is 23.4 Å². The van der Waals surface area contributed by atoms with Gasteiger partial charge in [-0.3, -0.25) is 9.78 Å². The van der Waals surface area contributed by atoms with Crippen molar-refractivity contribution in [2.45, 2.75) is 23.8 Å². The van der Waals surface area contributed by atoms with Crippen LogP contribution in [0.15, 0.2) is 59.8 Å². The summed E-state index contributed by atoms with van der Waals surface area (Å²) >= 11 is 1.58. The number of carbonyl (C=O) groups is 1. The van der Waals surface area contributed by atoms with Gasteiger partial charge in [0.05, 0.1) is 5.75 Å². The number of thioether (sulfide) groups is 1. The fourth-order valence-electron chi connectivity index (χ4n) is 2.76. The van der Waals surface area contributed by atoms with Crippen LogP contribution < -0.4 is 5.32 Å². The molecule has 1 aliphatic rings. The lowest BCUT2D eigenvalue weighted by Crippen LogP contribution is -2.45. The SMILES string of the molecule is O=C(CSc1ccncc1)N1CCC[C@H](Nc2ccccc2)C1. The molecule has 1 amide bonds. The van der Waals surface area contributed by atoms with Crippen LogP contribution in [-0.2, 0) is 4.79 Å². The monoisotopic (exact) mass is 327 g/mol. The number of nitrogens with zero attached hydrogens (tertiary/aromatic N) is 2. The first-order valence-corrected chi connectivity index (χ1v) is 8.92. The van der Waals surface area contributed by atoms with Crippen molar-refractivity contribution < 1.29 is 4.79 Å². The normalized spacial score (nSPS) is 17.7. The second-order valence-electron chi connectivity index (χ2n) is 5.66. The first-order chi connectivity index (χ1) is 11.3. The average Bonchev–Trinajstić information content (AvgIpc) is 2.62. The van der Waals surface area contributed by atoms with E-state index in [4.69, 9.17) is 0 Å². The van der Waals surface area contributed by atoms with Crippen LogP contribution in [-0.4, -0.2) is 40.7 Å². The van der Waals surface area contributed by atoms with E-state index in [1.807, 2.05) is 35.2 Å². The molecule has 2 aromatic rings. The van der Waals surface area contributed by atoms with Gasteiger partial charge in [-0.05, 0) is 37.1 Å². The summed E-state index contributed by atoms with van der Waals surface area (Å²) in [5, 5.41) is 3.53. The van der Waals surface area contributed by atoms with Crippen LogP contribution in [0, 0.1) is 0 Å². The molecule has 0 aliphatic carbocycles. The number of benzene rings is 1. The van der Waals surface area contributed by atoms with Gasteiger partial charge in [0.2, 0.25) is 5.91 Å². The van der Waals surface area contributed by atoms with Crippen LogP contribution in [0.3, 0.4) is 0 Å². The van der Waals surface area contributed by atoms with Crippen LogP contribution in [0.5, 0.6) is 0 Å². The number of anilines is 1. The highest BCUT2D eigenvalue weighted by molar-refractivity contribution is 8.00. The van der Waals surface area contributed by atoms with Crippen LogP contribution in [0.25, 0.3) is 0 Å². The second kappa shape index (κ2) is 8.02. The van der Waals surface area contributed by atoms with Crippen LogP contribution in [0.4, 0.5) is 5.69 Å². The van der Waals surface area contributed by atoms with Crippen LogP contribution in [0.2, 0.25) is 0 Å². The lowest BCUT2D eigenvalue weighted by molar-refractivity contribution is -0.129. The van der Waals surface area contributed by atoms with Crippen molar-refractivity contribution in [2.75, 3.05) is 24.2 Å². The van der Waals surface area contributed by atoms with E-state index in [2.05, 4.69) is 22.4 Å². The van der Waals surface area contributed by atoms with Gasteiger partial charge < -0.3 is 10.2 Å². The molecular formula is C18H21N3OS.